The molecule has 0 aliphatic heterocycles. The molecule has 0 aliphatic carbocycles. The highest BCUT2D eigenvalue weighted by atomic mass is 35.5. The first kappa shape index (κ1) is 26.4. The van der Waals surface area contributed by atoms with E-state index in [1.165, 1.54) is 12.1 Å². The second-order valence-electron chi connectivity index (χ2n) is 6.18. The summed E-state index contributed by atoms with van der Waals surface area (Å²) in [6, 6.07) is 11.0. The van der Waals surface area contributed by atoms with Gasteiger partial charge in [-0.1, -0.05) is 23.7 Å². The number of hydrogen-bond donors (Lipinski definition) is 0. The van der Waals surface area contributed by atoms with Crippen LogP contribution in [0.1, 0.15) is 25.0 Å². The number of rotatable bonds is 9. The van der Waals surface area contributed by atoms with Crippen LogP contribution < -0.4 is 4.18 Å². The van der Waals surface area contributed by atoms with Crippen LogP contribution in [0.3, 0.4) is 0 Å². The van der Waals surface area contributed by atoms with Crippen molar-refractivity contribution < 1.29 is 40.0 Å². The summed E-state index contributed by atoms with van der Waals surface area (Å²) in [5.74, 6) is -0.553. The third-order valence-corrected chi connectivity index (χ3v) is 5.08. The Balaban J connectivity index is 2.48. The van der Waals surface area contributed by atoms with E-state index in [-0.39, 0.29) is 19.0 Å². The van der Waals surface area contributed by atoms with E-state index in [0.717, 1.165) is 17.1 Å². The lowest BCUT2D eigenvalue weighted by Crippen LogP contribution is -2.31. The van der Waals surface area contributed by atoms with E-state index < -0.39 is 27.5 Å². The Morgan fingerprint density at radius 3 is 2.03 bits per heavy atom. The number of amides is 1. The molecule has 0 unspecified atom stereocenters. The molecule has 0 radical (unpaired) electrons. The van der Waals surface area contributed by atoms with Crippen molar-refractivity contribution in [3.63, 3.8) is 0 Å². The number of ether oxygens (including phenoxy) is 2. The highest BCUT2D eigenvalue weighted by Gasteiger charge is 2.48. The Morgan fingerprint density at radius 1 is 1.00 bits per heavy atom. The van der Waals surface area contributed by atoms with Gasteiger partial charge in [-0.3, -0.25) is 0 Å². The minimum Gasteiger partial charge on any atom is -0.448 e. The fourth-order valence-electron chi connectivity index (χ4n) is 2.35. The van der Waals surface area contributed by atoms with Crippen molar-refractivity contribution in [2.45, 2.75) is 19.4 Å². The summed E-state index contributed by atoms with van der Waals surface area (Å²) < 4.78 is 74.5. The Labute approximate surface area is 193 Å². The van der Waals surface area contributed by atoms with E-state index in [2.05, 4.69) is 9.28 Å². The number of hydrazone groups is 1. The zero-order valence-corrected chi connectivity index (χ0v) is 19.1. The number of benzene rings is 2. The van der Waals surface area contributed by atoms with Crippen LogP contribution in [0.2, 0.25) is 5.02 Å². The first-order valence-corrected chi connectivity index (χ1v) is 11.2. The van der Waals surface area contributed by atoms with Crippen molar-refractivity contribution in [2.75, 3.05) is 19.9 Å². The van der Waals surface area contributed by atoms with Gasteiger partial charge in [0.2, 0.25) is 0 Å². The molecule has 0 saturated carbocycles. The Hall–Kier alpha value is -2.83. The molecule has 0 bridgehead atoms. The molecule has 0 atom stereocenters. The molecule has 13 heteroatoms. The molecule has 0 N–H and O–H groups in total. The monoisotopic (exact) mass is 508 g/mol. The number of alkyl halides is 3. The van der Waals surface area contributed by atoms with Gasteiger partial charge in [-0.2, -0.15) is 31.7 Å². The maximum Gasteiger partial charge on any atom is 0.534 e. The van der Waals surface area contributed by atoms with E-state index in [4.69, 9.17) is 21.1 Å². The van der Waals surface area contributed by atoms with Crippen LogP contribution in [-0.4, -0.2) is 50.7 Å². The van der Waals surface area contributed by atoms with Crippen LogP contribution >= 0.6 is 11.6 Å². The highest BCUT2D eigenvalue weighted by Crippen LogP contribution is 2.27. The van der Waals surface area contributed by atoms with Crippen LogP contribution in [0, 0.1) is 0 Å². The van der Waals surface area contributed by atoms with Crippen LogP contribution in [0.25, 0.3) is 0 Å². The van der Waals surface area contributed by atoms with E-state index in [0.29, 0.717) is 22.8 Å². The highest BCUT2D eigenvalue weighted by molar-refractivity contribution is 7.88. The SMILES string of the molecule is CCOCN(N=C(c1ccc(Cl)cc1)c1ccc(OS(=O)(=O)C(F)(F)F)cc1)C(=O)OCC. The zero-order chi connectivity index (χ0) is 24.6. The van der Waals surface area contributed by atoms with Crippen molar-refractivity contribution in [3.05, 3.63) is 64.7 Å². The number of carbonyl (C=O) groups excluding carboxylic acids is 1. The van der Waals surface area contributed by atoms with Gasteiger partial charge in [0.15, 0.2) is 0 Å². The van der Waals surface area contributed by atoms with Crippen molar-refractivity contribution >= 4 is 33.5 Å². The summed E-state index contributed by atoms with van der Waals surface area (Å²) in [4.78, 5) is 12.3. The van der Waals surface area contributed by atoms with E-state index in [1.807, 2.05) is 0 Å². The minimum absolute atomic E-state index is 0.0902. The van der Waals surface area contributed by atoms with Crippen LogP contribution in [0.5, 0.6) is 5.75 Å². The van der Waals surface area contributed by atoms with Gasteiger partial charge in [0, 0.05) is 22.8 Å². The third-order valence-electron chi connectivity index (χ3n) is 3.85. The minimum atomic E-state index is -5.82. The van der Waals surface area contributed by atoms with Gasteiger partial charge < -0.3 is 13.7 Å². The molecule has 0 spiro atoms. The molecule has 0 heterocycles. The second-order valence-corrected chi connectivity index (χ2v) is 8.16. The topological polar surface area (TPSA) is 94.5 Å². The average molecular weight is 509 g/mol. The summed E-state index contributed by atoms with van der Waals surface area (Å²) >= 11 is 5.94. The molecule has 180 valence electrons. The molecular weight excluding hydrogens is 489 g/mol. The van der Waals surface area contributed by atoms with Crippen LogP contribution in [0.15, 0.2) is 53.6 Å². The predicted octanol–water partition coefficient (Wildman–Crippen LogP) is 4.77. The Bertz CT molecular complexity index is 1070. The summed E-state index contributed by atoms with van der Waals surface area (Å²) in [7, 11) is -5.82. The fourth-order valence-corrected chi connectivity index (χ4v) is 2.94. The van der Waals surface area contributed by atoms with Gasteiger partial charge in [0.25, 0.3) is 0 Å². The Morgan fingerprint density at radius 2 is 1.55 bits per heavy atom. The van der Waals surface area contributed by atoms with Gasteiger partial charge >= 0.3 is 21.7 Å². The van der Waals surface area contributed by atoms with Crippen LogP contribution in [0.4, 0.5) is 18.0 Å². The standard InChI is InChI=1S/C20H20ClF3N2O6S/c1-3-30-13-26(19(27)31-4-2)25-18(14-5-9-16(21)10-6-14)15-7-11-17(12-8-15)32-33(28,29)20(22,23)24/h5-12H,3-4,13H2,1-2H3. The van der Waals surface area contributed by atoms with Crippen molar-refractivity contribution in [2.24, 2.45) is 5.10 Å². The van der Waals surface area contributed by atoms with Crippen LogP contribution in [-0.2, 0) is 19.6 Å². The first-order chi connectivity index (χ1) is 15.5. The Kier molecular flexibility index (Phi) is 9.08. The molecule has 0 aliphatic rings. The van der Waals surface area contributed by atoms with Gasteiger partial charge in [-0.25, -0.2) is 4.79 Å². The lowest BCUT2D eigenvalue weighted by Gasteiger charge is -2.19. The van der Waals surface area contributed by atoms with Gasteiger partial charge in [0.05, 0.1) is 12.3 Å². The van der Waals surface area contributed by atoms with Gasteiger partial charge in [0.1, 0.15) is 12.5 Å². The molecule has 2 aromatic rings. The molecule has 0 aromatic heterocycles. The fraction of sp³-hybridized carbons (Fsp3) is 0.300. The van der Waals surface area contributed by atoms with Gasteiger partial charge in [-0.15, -0.1) is 0 Å². The summed E-state index contributed by atoms with van der Waals surface area (Å²) in [6.07, 6.45) is -0.784. The first-order valence-electron chi connectivity index (χ1n) is 9.46. The molecular formula is C20H20ClF3N2O6S. The number of nitrogens with zero attached hydrogens (tertiary/aromatic N) is 2. The maximum absolute atomic E-state index is 12.6. The van der Waals surface area contributed by atoms with Gasteiger partial charge in [-0.05, 0) is 50.2 Å². The van der Waals surface area contributed by atoms with Crippen molar-refractivity contribution in [1.82, 2.24) is 5.01 Å². The molecule has 0 saturated heterocycles. The molecule has 2 aromatic carbocycles. The summed E-state index contributed by atoms with van der Waals surface area (Å²) in [5.41, 5.74) is -4.52. The third kappa shape index (κ3) is 7.34. The zero-order valence-electron chi connectivity index (χ0n) is 17.5. The second kappa shape index (κ2) is 11.3. The molecule has 1 amide bonds. The van der Waals surface area contributed by atoms with E-state index in [9.17, 15) is 26.4 Å². The average Bonchev–Trinajstić information content (AvgIpc) is 2.74. The molecule has 2 rings (SSSR count). The molecule has 0 fully saturated rings. The molecule has 8 nitrogen and oxygen atoms in total. The smallest absolute Gasteiger partial charge is 0.448 e. The van der Waals surface area contributed by atoms with E-state index in [1.54, 1.807) is 38.1 Å². The van der Waals surface area contributed by atoms with Crippen molar-refractivity contribution in [1.29, 1.82) is 0 Å². The lowest BCUT2D eigenvalue weighted by molar-refractivity contribution is -0.0500. The number of carbonyl (C=O) groups is 1. The largest absolute Gasteiger partial charge is 0.534 e. The molecule has 33 heavy (non-hydrogen) atoms. The summed E-state index contributed by atoms with van der Waals surface area (Å²) in [6.45, 7) is 3.50. The number of halogens is 4. The van der Waals surface area contributed by atoms with E-state index >= 15 is 0 Å². The lowest BCUT2D eigenvalue weighted by atomic mass is 10.0. The number of hydrogen-bond acceptors (Lipinski definition) is 7. The normalized spacial score (nSPS) is 12.4. The van der Waals surface area contributed by atoms with Crippen molar-refractivity contribution in [3.8, 4) is 5.75 Å². The quantitative estimate of drug-likeness (QED) is 0.159. The maximum atomic E-state index is 12.6. The summed E-state index contributed by atoms with van der Waals surface area (Å²) in [5, 5.41) is 5.69. The predicted molar refractivity (Wildman–Crippen MR) is 114 cm³/mol.